The highest BCUT2D eigenvalue weighted by molar-refractivity contribution is 9.10. The summed E-state index contributed by atoms with van der Waals surface area (Å²) in [7, 11) is 0. The molecule has 0 N–H and O–H groups in total. The third kappa shape index (κ3) is 6.17. The number of aromatic nitrogens is 3. The molecule has 0 aliphatic carbocycles. The molecule has 5 aromatic rings. The Bertz CT molecular complexity index is 1390. The van der Waals surface area contributed by atoms with Crippen LogP contribution in [0.25, 0.3) is 21.3 Å². The van der Waals surface area contributed by atoms with Crippen LogP contribution in [0, 0.1) is 0 Å². The number of amides is 1. The summed E-state index contributed by atoms with van der Waals surface area (Å²) in [4.78, 5) is 24.2. The minimum Gasteiger partial charge on any atom is -0.337 e. The van der Waals surface area contributed by atoms with Gasteiger partial charge in [0.25, 0.3) is 0 Å². The van der Waals surface area contributed by atoms with Gasteiger partial charge in [0.1, 0.15) is 0 Å². The molecular weight excluding hydrogens is 544 g/mol. The van der Waals surface area contributed by atoms with Gasteiger partial charge in [-0.3, -0.25) is 9.69 Å². The SMILES string of the molecule is Cl.O=C(Cc1ccc(-c2ccccc2)cc1)N(CCCn1ccnc1)c1nc2ccc(Br)cc2s1. The summed E-state index contributed by atoms with van der Waals surface area (Å²) in [5.74, 6) is 0.0521. The molecule has 178 valence electrons. The highest BCUT2D eigenvalue weighted by Gasteiger charge is 2.20. The lowest BCUT2D eigenvalue weighted by Gasteiger charge is -2.20. The van der Waals surface area contributed by atoms with E-state index in [1.165, 1.54) is 5.56 Å². The van der Waals surface area contributed by atoms with Crippen LogP contribution < -0.4 is 4.90 Å². The standard InChI is InChI=1S/C27H23BrN4OS.ClH/c28-23-11-12-24-25(18-23)34-27(30-24)32(15-4-14-31-16-13-29-19-31)26(33)17-20-7-9-22(10-8-20)21-5-2-1-3-6-21;/h1-3,5-13,16,18-19H,4,14-15,17H2;1H. The number of halogens is 2. The van der Waals surface area contributed by atoms with E-state index in [-0.39, 0.29) is 18.3 Å². The van der Waals surface area contributed by atoms with Crippen LogP contribution in [-0.2, 0) is 17.8 Å². The van der Waals surface area contributed by atoms with Crippen LogP contribution in [0.2, 0.25) is 0 Å². The Hall–Kier alpha value is -3.00. The number of fused-ring (bicyclic) bond motifs is 1. The summed E-state index contributed by atoms with van der Waals surface area (Å²) in [5.41, 5.74) is 4.21. The summed E-state index contributed by atoms with van der Waals surface area (Å²) >= 11 is 5.08. The Kier molecular flexibility index (Phi) is 8.33. The first kappa shape index (κ1) is 25.1. The third-order valence-corrected chi connectivity index (χ3v) is 7.18. The van der Waals surface area contributed by atoms with Gasteiger partial charge >= 0.3 is 0 Å². The molecule has 0 fully saturated rings. The molecule has 5 nitrogen and oxygen atoms in total. The number of carbonyl (C=O) groups excluding carboxylic acids is 1. The zero-order chi connectivity index (χ0) is 23.3. The second-order valence-corrected chi connectivity index (χ2v) is 9.97. The zero-order valence-corrected chi connectivity index (χ0v) is 22.1. The van der Waals surface area contributed by atoms with Crippen molar-refractivity contribution < 1.29 is 4.79 Å². The molecule has 1 amide bonds. The quantitative estimate of drug-likeness (QED) is 0.203. The molecule has 0 spiro atoms. The van der Waals surface area contributed by atoms with Crippen LogP contribution in [0.4, 0.5) is 5.13 Å². The lowest BCUT2D eigenvalue weighted by molar-refractivity contribution is -0.118. The number of aryl methyl sites for hydroxylation is 1. The zero-order valence-electron chi connectivity index (χ0n) is 18.9. The molecule has 8 heteroatoms. The van der Waals surface area contributed by atoms with Crippen molar-refractivity contribution in [2.24, 2.45) is 0 Å². The average Bonchev–Trinajstić information content (AvgIpc) is 3.52. The third-order valence-electron chi connectivity index (χ3n) is 5.64. The van der Waals surface area contributed by atoms with Gasteiger partial charge < -0.3 is 4.57 Å². The molecule has 0 radical (unpaired) electrons. The van der Waals surface area contributed by atoms with E-state index in [1.807, 2.05) is 64.2 Å². The van der Waals surface area contributed by atoms with Gasteiger partial charge in [-0.05, 0) is 41.3 Å². The summed E-state index contributed by atoms with van der Waals surface area (Å²) in [5, 5.41) is 0.740. The number of carbonyl (C=O) groups is 1. The van der Waals surface area contributed by atoms with Gasteiger partial charge in [-0.25, -0.2) is 9.97 Å². The fourth-order valence-corrected chi connectivity index (χ4v) is 5.44. The predicted octanol–water partition coefficient (Wildman–Crippen LogP) is 7.01. The van der Waals surface area contributed by atoms with Gasteiger partial charge in [0.15, 0.2) is 5.13 Å². The number of hydrogen-bond donors (Lipinski definition) is 0. The monoisotopic (exact) mass is 566 g/mol. The van der Waals surface area contributed by atoms with Crippen LogP contribution in [0.1, 0.15) is 12.0 Å². The summed E-state index contributed by atoms with van der Waals surface area (Å²) < 4.78 is 4.09. The molecule has 2 aromatic heterocycles. The van der Waals surface area contributed by atoms with E-state index >= 15 is 0 Å². The average molecular weight is 568 g/mol. The van der Waals surface area contributed by atoms with Crippen molar-refractivity contribution in [3.8, 4) is 11.1 Å². The fraction of sp³-hybridized carbons (Fsp3) is 0.148. The molecule has 0 aliphatic heterocycles. The Balaban J connectivity index is 0.00000289. The Morgan fingerprint density at radius 1 is 1.00 bits per heavy atom. The lowest BCUT2D eigenvalue weighted by atomic mass is 10.0. The molecule has 0 aliphatic rings. The van der Waals surface area contributed by atoms with E-state index in [4.69, 9.17) is 4.98 Å². The van der Waals surface area contributed by atoms with Crippen molar-refractivity contribution in [2.45, 2.75) is 19.4 Å². The summed E-state index contributed by atoms with van der Waals surface area (Å²) in [6, 6.07) is 24.5. The Morgan fingerprint density at radius 2 is 1.77 bits per heavy atom. The Labute approximate surface area is 223 Å². The molecule has 0 unspecified atom stereocenters. The number of thiazole rings is 1. The molecule has 0 saturated carbocycles. The van der Waals surface area contributed by atoms with Crippen molar-refractivity contribution in [2.75, 3.05) is 11.4 Å². The maximum Gasteiger partial charge on any atom is 0.233 e. The van der Waals surface area contributed by atoms with Gasteiger partial charge in [-0.2, -0.15) is 0 Å². The van der Waals surface area contributed by atoms with Crippen molar-refractivity contribution in [3.63, 3.8) is 0 Å². The molecule has 0 saturated heterocycles. The van der Waals surface area contributed by atoms with E-state index in [9.17, 15) is 4.79 Å². The van der Waals surface area contributed by atoms with Crippen LogP contribution in [-0.4, -0.2) is 27.0 Å². The number of rotatable bonds is 8. The predicted molar refractivity (Wildman–Crippen MR) is 149 cm³/mol. The van der Waals surface area contributed by atoms with Crippen LogP contribution in [0.3, 0.4) is 0 Å². The van der Waals surface area contributed by atoms with Gasteiger partial charge in [-0.1, -0.05) is 81.9 Å². The van der Waals surface area contributed by atoms with E-state index in [0.29, 0.717) is 13.0 Å². The van der Waals surface area contributed by atoms with Crippen molar-refractivity contribution >= 4 is 60.9 Å². The highest BCUT2D eigenvalue weighted by Crippen LogP contribution is 2.31. The van der Waals surface area contributed by atoms with Crippen molar-refractivity contribution in [3.05, 3.63) is 102 Å². The largest absolute Gasteiger partial charge is 0.337 e. The smallest absolute Gasteiger partial charge is 0.233 e. The molecule has 3 aromatic carbocycles. The van der Waals surface area contributed by atoms with E-state index in [1.54, 1.807) is 23.9 Å². The van der Waals surface area contributed by atoms with E-state index < -0.39 is 0 Å². The first-order valence-electron chi connectivity index (χ1n) is 11.1. The van der Waals surface area contributed by atoms with Crippen LogP contribution in [0.5, 0.6) is 0 Å². The van der Waals surface area contributed by atoms with Gasteiger partial charge in [0.2, 0.25) is 5.91 Å². The van der Waals surface area contributed by atoms with Crippen molar-refractivity contribution in [1.29, 1.82) is 0 Å². The maximum atomic E-state index is 13.5. The molecule has 35 heavy (non-hydrogen) atoms. The van der Waals surface area contributed by atoms with Gasteiger partial charge in [0.05, 0.1) is 23.0 Å². The summed E-state index contributed by atoms with van der Waals surface area (Å²) in [6.45, 7) is 1.39. The van der Waals surface area contributed by atoms with Crippen LogP contribution in [0.15, 0.2) is 96.0 Å². The van der Waals surface area contributed by atoms with Gasteiger partial charge in [-0.15, -0.1) is 12.4 Å². The fourth-order valence-electron chi connectivity index (χ4n) is 3.87. The molecular formula is C27H24BrClN4OS. The van der Waals surface area contributed by atoms with Crippen molar-refractivity contribution in [1.82, 2.24) is 14.5 Å². The second kappa shape index (κ2) is 11.6. The van der Waals surface area contributed by atoms with Crippen LogP contribution >= 0.6 is 39.7 Å². The first-order valence-corrected chi connectivity index (χ1v) is 12.7. The number of nitrogens with zero attached hydrogens (tertiary/aromatic N) is 4. The number of anilines is 1. The molecule has 0 atom stereocenters. The summed E-state index contributed by atoms with van der Waals surface area (Å²) in [6.07, 6.45) is 6.66. The first-order chi connectivity index (χ1) is 16.7. The lowest BCUT2D eigenvalue weighted by Crippen LogP contribution is -2.33. The Morgan fingerprint density at radius 3 is 2.51 bits per heavy atom. The minimum atomic E-state index is 0. The van der Waals surface area contributed by atoms with E-state index in [2.05, 4.69) is 45.2 Å². The normalized spacial score (nSPS) is 10.8. The second-order valence-electron chi connectivity index (χ2n) is 8.05. The number of imidazole rings is 1. The highest BCUT2D eigenvalue weighted by atomic mass is 79.9. The number of hydrogen-bond acceptors (Lipinski definition) is 4. The molecule has 2 heterocycles. The minimum absolute atomic E-state index is 0. The molecule has 5 rings (SSSR count). The molecule has 0 bridgehead atoms. The topological polar surface area (TPSA) is 51.0 Å². The van der Waals surface area contributed by atoms with Gasteiger partial charge in [0, 0.05) is 30.0 Å². The van der Waals surface area contributed by atoms with E-state index in [0.717, 1.165) is 43.9 Å². The number of benzene rings is 3. The maximum absolute atomic E-state index is 13.5.